The zero-order valence-electron chi connectivity index (χ0n) is 18.3. The molecule has 4 saturated carbocycles. The number of halogens is 8. The van der Waals surface area contributed by atoms with Gasteiger partial charge < -0.3 is 14.2 Å². The second kappa shape index (κ2) is 9.22. The summed E-state index contributed by atoms with van der Waals surface area (Å²) in [5.41, 5.74) is -1.52. The minimum absolute atomic E-state index is 0.0346. The highest BCUT2D eigenvalue weighted by Crippen LogP contribution is 2.61. The van der Waals surface area contributed by atoms with Gasteiger partial charge >= 0.3 is 45.5 Å². The summed E-state index contributed by atoms with van der Waals surface area (Å²) in [7, 11) is -6.36. The van der Waals surface area contributed by atoms with Crippen LogP contribution < -0.4 is 0 Å². The molecule has 1 unspecified atom stereocenters. The zero-order valence-corrected chi connectivity index (χ0v) is 19.1. The summed E-state index contributed by atoms with van der Waals surface area (Å²) in [5.74, 6) is -9.59. The van der Waals surface area contributed by atoms with Gasteiger partial charge in [-0.05, 0) is 56.3 Å². The van der Waals surface area contributed by atoms with Crippen molar-refractivity contribution in [3.8, 4) is 0 Å². The Morgan fingerprint density at radius 3 is 1.75 bits per heavy atom. The van der Waals surface area contributed by atoms with Crippen LogP contribution in [0.1, 0.15) is 44.9 Å². The number of hydrogen-bond acceptors (Lipinski definition) is 7. The molecule has 0 aromatic rings. The Morgan fingerprint density at radius 2 is 1.36 bits per heavy atom. The average Bonchev–Trinajstić information content (AvgIpc) is 2.67. The maximum absolute atomic E-state index is 14.1. The second-order valence-electron chi connectivity index (χ2n) is 9.60. The first-order valence-electron chi connectivity index (χ1n) is 10.7. The standard InChI is InChI=1S/C19H22F8O8S/c20-16(21,22)1-2-33-14(29)18(19(25,26)27,34-9-17(23,24)36(30,31)32)35-13(28)15-6-10-3-11(7-15)5-12(4-10)8-15/h10-12H,1-9H2,(H,30,31,32). The third-order valence-corrected chi connectivity index (χ3v) is 7.66. The van der Waals surface area contributed by atoms with Crippen molar-refractivity contribution >= 4 is 22.1 Å². The number of carbonyl (C=O) groups excluding carboxylic acids is 2. The normalized spacial score (nSPS) is 30.1. The first-order chi connectivity index (χ1) is 16.2. The molecule has 8 nitrogen and oxygen atoms in total. The molecule has 0 saturated heterocycles. The summed E-state index contributed by atoms with van der Waals surface area (Å²) in [6.07, 6.45) is -10.7. The number of esters is 2. The monoisotopic (exact) mass is 562 g/mol. The zero-order chi connectivity index (χ0) is 27.4. The number of ether oxygens (including phenoxy) is 3. The molecule has 4 aliphatic carbocycles. The third-order valence-electron chi connectivity index (χ3n) is 6.79. The van der Waals surface area contributed by atoms with E-state index in [1.54, 1.807) is 0 Å². The Hall–Kier alpha value is -1.75. The Kier molecular flexibility index (Phi) is 7.38. The van der Waals surface area contributed by atoms with E-state index >= 15 is 0 Å². The highest BCUT2D eigenvalue weighted by Gasteiger charge is 2.70. The predicted molar refractivity (Wildman–Crippen MR) is 99.6 cm³/mol. The topological polar surface area (TPSA) is 116 Å². The van der Waals surface area contributed by atoms with Gasteiger partial charge in [-0.2, -0.15) is 43.5 Å². The van der Waals surface area contributed by atoms with Crippen molar-refractivity contribution in [1.82, 2.24) is 0 Å². The molecule has 0 aromatic carbocycles. The Morgan fingerprint density at radius 1 is 0.889 bits per heavy atom. The fourth-order valence-corrected chi connectivity index (χ4v) is 5.81. The van der Waals surface area contributed by atoms with Gasteiger partial charge in [0.2, 0.25) is 0 Å². The largest absolute Gasteiger partial charge is 0.468 e. The fourth-order valence-electron chi connectivity index (χ4n) is 5.60. The highest BCUT2D eigenvalue weighted by molar-refractivity contribution is 7.86. The highest BCUT2D eigenvalue weighted by atomic mass is 32.2. The van der Waals surface area contributed by atoms with Crippen LogP contribution in [0.5, 0.6) is 0 Å². The number of carbonyl (C=O) groups is 2. The molecule has 208 valence electrons. The quantitative estimate of drug-likeness (QED) is 0.194. The molecule has 4 bridgehead atoms. The van der Waals surface area contributed by atoms with E-state index in [0.717, 1.165) is 0 Å². The lowest BCUT2D eigenvalue weighted by molar-refractivity contribution is -0.364. The number of hydrogen-bond donors (Lipinski definition) is 1. The lowest BCUT2D eigenvalue weighted by atomic mass is 9.49. The van der Waals surface area contributed by atoms with Gasteiger partial charge in [0.25, 0.3) is 0 Å². The van der Waals surface area contributed by atoms with Crippen LogP contribution in [0.3, 0.4) is 0 Å². The molecule has 36 heavy (non-hydrogen) atoms. The Bertz CT molecular complexity index is 942. The molecule has 17 heteroatoms. The minimum atomic E-state index is -6.36. The van der Waals surface area contributed by atoms with Crippen LogP contribution in [0.15, 0.2) is 0 Å². The summed E-state index contributed by atoms with van der Waals surface area (Å²) < 4.78 is 149. The molecule has 1 atom stereocenters. The molecular formula is C19H22F8O8S. The van der Waals surface area contributed by atoms with Crippen LogP contribution in [0.2, 0.25) is 0 Å². The summed E-state index contributed by atoms with van der Waals surface area (Å²) in [6.45, 7) is -4.55. The molecule has 4 fully saturated rings. The lowest BCUT2D eigenvalue weighted by Crippen LogP contribution is -2.62. The average molecular weight is 562 g/mol. The van der Waals surface area contributed by atoms with Gasteiger partial charge in [0.1, 0.15) is 13.2 Å². The van der Waals surface area contributed by atoms with E-state index in [1.807, 2.05) is 0 Å². The van der Waals surface area contributed by atoms with Gasteiger partial charge in [-0.1, -0.05) is 0 Å². The maximum atomic E-state index is 14.1. The van der Waals surface area contributed by atoms with E-state index in [2.05, 4.69) is 14.2 Å². The van der Waals surface area contributed by atoms with Crippen LogP contribution in [-0.4, -0.2) is 61.5 Å². The second-order valence-corrected chi connectivity index (χ2v) is 11.2. The van der Waals surface area contributed by atoms with E-state index in [-0.39, 0.29) is 37.0 Å². The van der Waals surface area contributed by atoms with Gasteiger partial charge in [-0.3, -0.25) is 9.35 Å². The first-order valence-corrected chi connectivity index (χ1v) is 12.2. The Balaban J connectivity index is 1.94. The van der Waals surface area contributed by atoms with Crippen LogP contribution >= 0.6 is 0 Å². The molecule has 0 aliphatic heterocycles. The lowest BCUT2D eigenvalue weighted by Gasteiger charge is -2.55. The van der Waals surface area contributed by atoms with Gasteiger partial charge in [-0.25, -0.2) is 4.79 Å². The van der Waals surface area contributed by atoms with Gasteiger partial charge in [0.05, 0.1) is 11.8 Å². The third kappa shape index (κ3) is 5.71. The molecule has 0 aromatic heterocycles. The van der Waals surface area contributed by atoms with E-state index < -0.39 is 70.5 Å². The van der Waals surface area contributed by atoms with Crippen molar-refractivity contribution in [3.63, 3.8) is 0 Å². The predicted octanol–water partition coefficient (Wildman–Crippen LogP) is 4.00. The molecule has 0 spiro atoms. The number of rotatable bonds is 9. The van der Waals surface area contributed by atoms with Crippen molar-refractivity contribution in [2.75, 3.05) is 13.2 Å². The van der Waals surface area contributed by atoms with Crippen molar-refractivity contribution in [3.05, 3.63) is 0 Å². The van der Waals surface area contributed by atoms with Crippen LogP contribution in [-0.2, 0) is 33.9 Å². The van der Waals surface area contributed by atoms with Gasteiger partial charge in [0.15, 0.2) is 0 Å². The summed E-state index contributed by atoms with van der Waals surface area (Å²) >= 11 is 0. The van der Waals surface area contributed by atoms with E-state index in [1.165, 1.54) is 0 Å². The minimum Gasteiger partial charge on any atom is -0.460 e. The van der Waals surface area contributed by atoms with Crippen LogP contribution in [0.4, 0.5) is 35.1 Å². The van der Waals surface area contributed by atoms with Crippen molar-refractivity contribution in [2.45, 2.75) is 68.3 Å². The molecule has 0 radical (unpaired) electrons. The maximum Gasteiger partial charge on any atom is 0.468 e. The fraction of sp³-hybridized carbons (Fsp3) is 0.895. The van der Waals surface area contributed by atoms with E-state index in [0.29, 0.717) is 19.3 Å². The van der Waals surface area contributed by atoms with Crippen molar-refractivity contribution < 1.29 is 71.9 Å². The Labute approximate surface area is 199 Å². The summed E-state index contributed by atoms with van der Waals surface area (Å²) in [5, 5.41) is -5.41. The molecule has 4 aliphatic rings. The molecule has 4 rings (SSSR count). The first kappa shape index (κ1) is 28.8. The van der Waals surface area contributed by atoms with Crippen molar-refractivity contribution in [2.24, 2.45) is 23.2 Å². The van der Waals surface area contributed by atoms with E-state index in [9.17, 15) is 53.1 Å². The molecule has 1 N–H and O–H groups in total. The number of alkyl halides is 8. The molecule has 0 heterocycles. The van der Waals surface area contributed by atoms with Gasteiger partial charge in [0, 0.05) is 0 Å². The summed E-state index contributed by atoms with van der Waals surface area (Å²) in [4.78, 5) is 25.4. The van der Waals surface area contributed by atoms with Crippen LogP contribution in [0.25, 0.3) is 0 Å². The molecular weight excluding hydrogens is 540 g/mol. The van der Waals surface area contributed by atoms with Crippen molar-refractivity contribution in [1.29, 1.82) is 0 Å². The smallest absolute Gasteiger partial charge is 0.460 e. The SMILES string of the molecule is O=C(OC(OCC(F)(F)S(=O)(=O)O)(C(=O)OCCC(F)(F)F)C(F)(F)F)C12CC3CC(CC(C3)C1)C2. The van der Waals surface area contributed by atoms with Gasteiger partial charge in [-0.15, -0.1) is 0 Å². The molecule has 0 amide bonds. The van der Waals surface area contributed by atoms with E-state index in [4.69, 9.17) is 4.55 Å². The summed E-state index contributed by atoms with van der Waals surface area (Å²) in [6, 6.07) is 0. The van der Waals surface area contributed by atoms with Crippen LogP contribution in [0, 0.1) is 23.2 Å².